The van der Waals surface area contributed by atoms with Gasteiger partial charge in [0.25, 0.3) is 0 Å². The van der Waals surface area contributed by atoms with Gasteiger partial charge in [0.2, 0.25) is 0 Å². The third-order valence-corrected chi connectivity index (χ3v) is 4.27. The Morgan fingerprint density at radius 1 is 0.324 bits per heavy atom. The number of hydrogen-bond donors (Lipinski definition) is 0. The molecule has 197 valence electrons. The third-order valence-electron chi connectivity index (χ3n) is 4.27. The minimum atomic E-state index is -0.0799. The molecule has 0 saturated carbocycles. The minimum Gasteiger partial charge on any atom is -0.334 e. The summed E-state index contributed by atoms with van der Waals surface area (Å²) >= 11 is 0. The average Bonchev–Trinajstić information content (AvgIpc) is 2.67. The predicted octanol–water partition coefficient (Wildman–Crippen LogP) is 4.92. The van der Waals surface area contributed by atoms with E-state index in [-0.39, 0.29) is 87.3 Å². The van der Waals surface area contributed by atoms with Crippen molar-refractivity contribution in [2.45, 2.75) is 83.1 Å². The molecule has 0 aromatic carbocycles. The zero-order chi connectivity index (χ0) is 27.0. The van der Waals surface area contributed by atoms with Crippen molar-refractivity contribution in [3.05, 3.63) is 19.3 Å². The van der Waals surface area contributed by atoms with Crippen molar-refractivity contribution in [3.8, 4) is 0 Å². The summed E-state index contributed by atoms with van der Waals surface area (Å²) < 4.78 is 0. The molecule has 0 aliphatic rings. The third kappa shape index (κ3) is 22.0. The van der Waals surface area contributed by atoms with E-state index in [0.29, 0.717) is 0 Å². The number of ketones is 6. The first-order chi connectivity index (χ1) is 14.8. The first-order valence-electron chi connectivity index (χ1n) is 11.6. The molecule has 0 fully saturated rings. The molecule has 0 saturated heterocycles. The molecule has 0 atom stereocenters. The molecule has 0 aliphatic heterocycles. The second kappa shape index (κ2) is 20.5. The standard InChI is InChI=1S/3C9H15O2.Fe/c3*1-6(2)8(10)5-9(11)7(3)4;/h3*5-7H,1-4H3;/q3*-1;+3. The van der Waals surface area contributed by atoms with Crippen LogP contribution >= 0.6 is 0 Å². The van der Waals surface area contributed by atoms with E-state index < -0.39 is 0 Å². The summed E-state index contributed by atoms with van der Waals surface area (Å²) in [4.78, 5) is 65.9. The first kappa shape index (κ1) is 39.4. The molecule has 6 nitrogen and oxygen atoms in total. The Labute approximate surface area is 218 Å². The zero-order valence-corrected chi connectivity index (χ0v) is 24.1. The molecule has 0 N–H and O–H groups in total. The molecule has 0 aliphatic carbocycles. The van der Waals surface area contributed by atoms with Gasteiger partial charge in [0.05, 0.1) is 0 Å². The Morgan fingerprint density at radius 2 is 0.412 bits per heavy atom. The van der Waals surface area contributed by atoms with Crippen LogP contribution in [0.4, 0.5) is 0 Å². The molecule has 0 rings (SSSR count). The molecule has 1 radical (unpaired) electrons. The monoisotopic (exact) mass is 521 g/mol. The van der Waals surface area contributed by atoms with Crippen LogP contribution in [0.15, 0.2) is 0 Å². The summed E-state index contributed by atoms with van der Waals surface area (Å²) in [6, 6.07) is 0. The van der Waals surface area contributed by atoms with Gasteiger partial charge >= 0.3 is 17.1 Å². The molecular formula is C27H45FeO6. The normalized spacial score (nSPS) is 10.1. The molecule has 34 heavy (non-hydrogen) atoms. The van der Waals surface area contributed by atoms with Crippen molar-refractivity contribution in [2.24, 2.45) is 35.5 Å². The Hall–Kier alpha value is -1.85. The summed E-state index contributed by atoms with van der Waals surface area (Å²) in [6.45, 7) is 21.4. The van der Waals surface area contributed by atoms with Gasteiger partial charge < -0.3 is 28.8 Å². The van der Waals surface area contributed by atoms with E-state index in [2.05, 4.69) is 0 Å². The van der Waals surface area contributed by atoms with Crippen molar-refractivity contribution >= 4 is 34.7 Å². The minimum absolute atomic E-state index is 0. The molecule has 0 heterocycles. The van der Waals surface area contributed by atoms with E-state index in [1.165, 1.54) is 19.3 Å². The summed E-state index contributed by atoms with van der Waals surface area (Å²) in [7, 11) is 0. The van der Waals surface area contributed by atoms with Gasteiger partial charge in [0.1, 0.15) is 0 Å². The van der Waals surface area contributed by atoms with Crippen LogP contribution in [-0.4, -0.2) is 34.7 Å². The molecule has 0 spiro atoms. The molecule has 0 aromatic heterocycles. The van der Waals surface area contributed by atoms with Gasteiger partial charge in [-0.1, -0.05) is 83.1 Å². The van der Waals surface area contributed by atoms with Gasteiger partial charge in [-0.3, -0.25) is 19.3 Å². The maximum Gasteiger partial charge on any atom is 3.00 e. The van der Waals surface area contributed by atoms with E-state index in [1.54, 1.807) is 83.1 Å². The largest absolute Gasteiger partial charge is 3.00 e. The Balaban J connectivity index is -0.000000196. The fourth-order valence-corrected chi connectivity index (χ4v) is 1.42. The number of rotatable bonds is 12. The fourth-order valence-electron chi connectivity index (χ4n) is 1.42. The van der Waals surface area contributed by atoms with E-state index in [9.17, 15) is 28.8 Å². The van der Waals surface area contributed by atoms with Crippen LogP contribution in [0.3, 0.4) is 0 Å². The SMILES string of the molecule is CC(C)C(=O)[CH-]C(=O)C(C)C.CC(C)C(=O)[CH-]C(=O)C(C)C.CC(C)C(=O)[CH-]C(=O)C(C)C.[Fe+3]. The van der Waals surface area contributed by atoms with Crippen LogP contribution < -0.4 is 0 Å². The number of hydrogen-bond acceptors (Lipinski definition) is 6. The van der Waals surface area contributed by atoms with Crippen molar-refractivity contribution in [1.29, 1.82) is 0 Å². The van der Waals surface area contributed by atoms with Gasteiger partial charge in [0.15, 0.2) is 0 Å². The number of carbonyl (C=O) groups is 6. The average molecular weight is 521 g/mol. The molecule has 0 bridgehead atoms. The fraction of sp³-hybridized carbons (Fsp3) is 0.667. The van der Waals surface area contributed by atoms with E-state index in [4.69, 9.17) is 0 Å². The number of carbonyl (C=O) groups excluding carboxylic acids is 6. The Morgan fingerprint density at radius 3 is 0.471 bits per heavy atom. The van der Waals surface area contributed by atoms with E-state index in [0.717, 1.165) is 0 Å². The predicted molar refractivity (Wildman–Crippen MR) is 132 cm³/mol. The summed E-state index contributed by atoms with van der Waals surface area (Å²) in [5, 5.41) is 0. The van der Waals surface area contributed by atoms with Gasteiger partial charge in [-0.25, -0.2) is 0 Å². The van der Waals surface area contributed by atoms with Crippen molar-refractivity contribution in [3.63, 3.8) is 0 Å². The molecule has 0 unspecified atom stereocenters. The van der Waals surface area contributed by atoms with Gasteiger partial charge in [-0.2, -0.15) is 0 Å². The second-order valence-corrected chi connectivity index (χ2v) is 9.78. The molecule has 0 amide bonds. The van der Waals surface area contributed by atoms with Crippen molar-refractivity contribution in [2.75, 3.05) is 0 Å². The van der Waals surface area contributed by atoms with Crippen LogP contribution in [-0.2, 0) is 45.8 Å². The second-order valence-electron chi connectivity index (χ2n) is 9.78. The smallest absolute Gasteiger partial charge is 0.334 e. The molecular weight excluding hydrogens is 476 g/mol. The topological polar surface area (TPSA) is 102 Å². The van der Waals surface area contributed by atoms with Crippen molar-refractivity contribution < 1.29 is 45.8 Å². The van der Waals surface area contributed by atoms with Gasteiger partial charge in [-0.15, -0.1) is 0 Å². The summed E-state index contributed by atoms with van der Waals surface area (Å²) in [6.07, 6.45) is 3.61. The maximum absolute atomic E-state index is 11.0. The van der Waals surface area contributed by atoms with Crippen LogP contribution in [0.2, 0.25) is 0 Å². The quantitative estimate of drug-likeness (QED) is 0.205. The van der Waals surface area contributed by atoms with Crippen molar-refractivity contribution in [1.82, 2.24) is 0 Å². The molecule has 0 aromatic rings. The summed E-state index contributed by atoms with van der Waals surface area (Å²) in [5.41, 5.74) is 0. The van der Waals surface area contributed by atoms with Crippen LogP contribution in [0.25, 0.3) is 0 Å². The van der Waals surface area contributed by atoms with Crippen LogP contribution in [0.1, 0.15) is 83.1 Å². The van der Waals surface area contributed by atoms with Gasteiger partial charge in [0, 0.05) is 34.7 Å². The van der Waals surface area contributed by atoms with Crippen LogP contribution in [0, 0.1) is 54.8 Å². The zero-order valence-electron chi connectivity index (χ0n) is 23.0. The van der Waals surface area contributed by atoms with E-state index >= 15 is 0 Å². The first-order valence-corrected chi connectivity index (χ1v) is 11.6. The van der Waals surface area contributed by atoms with E-state index in [1.807, 2.05) is 0 Å². The Bertz CT molecular complexity index is 514. The Kier molecular flexibility index (Phi) is 23.8. The van der Waals surface area contributed by atoms with Gasteiger partial charge in [-0.05, 0) is 35.5 Å². The molecule has 7 heteroatoms. The van der Waals surface area contributed by atoms with Crippen LogP contribution in [0.5, 0.6) is 0 Å². The number of Topliss-reactive ketones (excluding diaryl/α,β-unsaturated/α-hetero) is 6. The summed E-state index contributed by atoms with van der Waals surface area (Å²) in [5.74, 6) is -0.909. The maximum atomic E-state index is 11.0.